The number of aliphatic carboxylic acids is 2. The molecule has 0 radical (unpaired) electrons. The Morgan fingerprint density at radius 1 is 1.37 bits per heavy atom. The van der Waals surface area contributed by atoms with Crippen LogP contribution in [0.1, 0.15) is 19.3 Å². The minimum atomic E-state index is -1.14. The Bertz CT molecular complexity index is 344. The van der Waals surface area contributed by atoms with Gasteiger partial charge in [0, 0.05) is 24.5 Å². The van der Waals surface area contributed by atoms with Crippen LogP contribution in [0.3, 0.4) is 0 Å². The van der Waals surface area contributed by atoms with E-state index in [1.54, 1.807) is 11.8 Å². The number of nitrogens with one attached hydrogen (secondary N) is 2. The lowest BCUT2D eigenvalue weighted by Gasteiger charge is -2.24. The Labute approximate surface area is 115 Å². The van der Waals surface area contributed by atoms with Crippen molar-refractivity contribution in [1.82, 2.24) is 10.6 Å². The van der Waals surface area contributed by atoms with Gasteiger partial charge in [0.15, 0.2) is 0 Å². The summed E-state index contributed by atoms with van der Waals surface area (Å²) >= 11 is 1.64. The lowest BCUT2D eigenvalue weighted by atomic mass is 10.1. The van der Waals surface area contributed by atoms with E-state index in [4.69, 9.17) is 10.2 Å². The molecule has 0 aromatic carbocycles. The molecular formula is C11H18N2O5S. The monoisotopic (exact) mass is 290 g/mol. The summed E-state index contributed by atoms with van der Waals surface area (Å²) in [6, 6.07) is -1.40. The maximum absolute atomic E-state index is 11.8. The smallest absolute Gasteiger partial charge is 0.326 e. The SMILES string of the molecule is O=C(O)CCC[C@@H](NC(=O)C1CSCCN1)C(=O)O. The summed E-state index contributed by atoms with van der Waals surface area (Å²) in [4.78, 5) is 33.2. The van der Waals surface area contributed by atoms with Gasteiger partial charge in [-0.1, -0.05) is 0 Å². The second kappa shape index (κ2) is 8.00. The largest absolute Gasteiger partial charge is 0.481 e. The van der Waals surface area contributed by atoms with Gasteiger partial charge in [-0.05, 0) is 12.8 Å². The summed E-state index contributed by atoms with van der Waals surface area (Å²) in [6.07, 6.45) is 0.240. The van der Waals surface area contributed by atoms with Crippen LogP contribution < -0.4 is 10.6 Å². The predicted molar refractivity (Wildman–Crippen MR) is 70.2 cm³/mol. The van der Waals surface area contributed by atoms with E-state index in [0.29, 0.717) is 5.75 Å². The van der Waals surface area contributed by atoms with Crippen LogP contribution in [-0.4, -0.2) is 58.2 Å². The van der Waals surface area contributed by atoms with E-state index < -0.39 is 18.0 Å². The number of carbonyl (C=O) groups excluding carboxylic acids is 1. The topological polar surface area (TPSA) is 116 Å². The maximum atomic E-state index is 11.8. The number of carboxylic acids is 2. The molecule has 1 unspecified atom stereocenters. The molecule has 1 aliphatic rings. The normalized spacial score (nSPS) is 20.5. The lowest BCUT2D eigenvalue weighted by molar-refractivity contribution is -0.143. The standard InChI is InChI=1S/C11H18N2O5S/c14-9(15)3-1-2-7(11(17)18)13-10(16)8-6-19-5-4-12-8/h7-8,12H,1-6H2,(H,13,16)(H,14,15)(H,17,18)/t7-,8?/m1/s1. The highest BCUT2D eigenvalue weighted by atomic mass is 32.2. The highest BCUT2D eigenvalue weighted by molar-refractivity contribution is 7.99. The van der Waals surface area contributed by atoms with Gasteiger partial charge in [-0.2, -0.15) is 11.8 Å². The minimum Gasteiger partial charge on any atom is -0.481 e. The summed E-state index contributed by atoms with van der Waals surface area (Å²) in [6.45, 7) is 0.722. The molecule has 0 aromatic rings. The fourth-order valence-corrected chi connectivity index (χ4v) is 2.65. The molecule has 0 spiro atoms. The number of amides is 1. The van der Waals surface area contributed by atoms with E-state index in [1.165, 1.54) is 0 Å². The highest BCUT2D eigenvalue weighted by Crippen LogP contribution is 2.09. The van der Waals surface area contributed by atoms with Crippen molar-refractivity contribution in [1.29, 1.82) is 0 Å². The average molecular weight is 290 g/mol. The van der Waals surface area contributed by atoms with Gasteiger partial charge in [0.25, 0.3) is 0 Å². The van der Waals surface area contributed by atoms with Crippen molar-refractivity contribution in [2.24, 2.45) is 0 Å². The maximum Gasteiger partial charge on any atom is 0.326 e. The number of thioether (sulfide) groups is 1. The molecule has 1 saturated heterocycles. The molecule has 0 aromatic heterocycles. The molecule has 1 aliphatic heterocycles. The van der Waals surface area contributed by atoms with Crippen molar-refractivity contribution in [3.63, 3.8) is 0 Å². The predicted octanol–water partition coefficient (Wildman–Crippen LogP) is -0.484. The molecule has 1 fully saturated rings. The molecular weight excluding hydrogens is 272 g/mol. The Balaban J connectivity index is 2.41. The van der Waals surface area contributed by atoms with Gasteiger partial charge in [0.05, 0.1) is 6.04 Å². The lowest BCUT2D eigenvalue weighted by Crippen LogP contribution is -2.53. The molecule has 0 bridgehead atoms. The van der Waals surface area contributed by atoms with Crippen LogP contribution in [0.5, 0.6) is 0 Å². The van der Waals surface area contributed by atoms with Crippen LogP contribution in [-0.2, 0) is 14.4 Å². The molecule has 1 amide bonds. The third-order valence-corrected chi connectivity index (χ3v) is 3.80. The van der Waals surface area contributed by atoms with E-state index >= 15 is 0 Å². The van der Waals surface area contributed by atoms with Gasteiger partial charge in [-0.15, -0.1) is 0 Å². The number of rotatable bonds is 7. The Hall–Kier alpha value is -1.28. The first-order valence-electron chi connectivity index (χ1n) is 6.07. The van der Waals surface area contributed by atoms with E-state index in [9.17, 15) is 14.4 Å². The molecule has 19 heavy (non-hydrogen) atoms. The molecule has 1 heterocycles. The van der Waals surface area contributed by atoms with E-state index in [1.807, 2.05) is 0 Å². The van der Waals surface area contributed by atoms with Crippen molar-refractivity contribution in [2.45, 2.75) is 31.3 Å². The fraction of sp³-hybridized carbons (Fsp3) is 0.727. The van der Waals surface area contributed by atoms with Crippen LogP contribution in [0.25, 0.3) is 0 Å². The van der Waals surface area contributed by atoms with Crippen LogP contribution in [0.15, 0.2) is 0 Å². The molecule has 4 N–H and O–H groups in total. The number of carbonyl (C=O) groups is 3. The van der Waals surface area contributed by atoms with Gasteiger partial charge >= 0.3 is 11.9 Å². The number of carboxylic acid groups (broad SMARTS) is 2. The van der Waals surface area contributed by atoms with Crippen LogP contribution in [0.2, 0.25) is 0 Å². The summed E-state index contributed by atoms with van der Waals surface area (Å²) in [5.74, 6) is -0.893. The minimum absolute atomic E-state index is 0.100. The molecule has 108 valence electrons. The average Bonchev–Trinajstić information content (AvgIpc) is 2.37. The van der Waals surface area contributed by atoms with Crippen molar-refractivity contribution >= 4 is 29.6 Å². The Morgan fingerprint density at radius 2 is 2.11 bits per heavy atom. The molecule has 8 heteroatoms. The van der Waals surface area contributed by atoms with E-state index in [2.05, 4.69) is 10.6 Å². The van der Waals surface area contributed by atoms with Gasteiger partial charge in [-0.3, -0.25) is 9.59 Å². The molecule has 0 aliphatic carbocycles. The first-order chi connectivity index (χ1) is 9.00. The molecule has 1 rings (SSSR count). The van der Waals surface area contributed by atoms with E-state index in [0.717, 1.165) is 12.3 Å². The zero-order chi connectivity index (χ0) is 14.3. The summed E-state index contributed by atoms with van der Waals surface area (Å²) < 4.78 is 0. The van der Waals surface area contributed by atoms with Gasteiger partial charge in [0.1, 0.15) is 6.04 Å². The molecule has 0 saturated carbocycles. The molecule has 2 atom stereocenters. The fourth-order valence-electron chi connectivity index (χ4n) is 1.72. The van der Waals surface area contributed by atoms with Crippen molar-refractivity contribution in [3.05, 3.63) is 0 Å². The Kier molecular flexibility index (Phi) is 6.65. The van der Waals surface area contributed by atoms with Crippen molar-refractivity contribution in [3.8, 4) is 0 Å². The zero-order valence-corrected chi connectivity index (χ0v) is 11.2. The third-order valence-electron chi connectivity index (χ3n) is 2.74. The van der Waals surface area contributed by atoms with Gasteiger partial charge in [0.2, 0.25) is 5.91 Å². The van der Waals surface area contributed by atoms with Crippen LogP contribution in [0, 0.1) is 0 Å². The number of hydrogen-bond acceptors (Lipinski definition) is 5. The Morgan fingerprint density at radius 3 is 2.63 bits per heavy atom. The summed E-state index contributed by atoms with van der Waals surface area (Å²) in [7, 11) is 0. The third kappa shape index (κ3) is 5.93. The first-order valence-corrected chi connectivity index (χ1v) is 7.22. The quantitative estimate of drug-likeness (QED) is 0.500. The highest BCUT2D eigenvalue weighted by Gasteiger charge is 2.26. The second-order valence-corrected chi connectivity index (χ2v) is 5.42. The number of hydrogen-bond donors (Lipinski definition) is 4. The second-order valence-electron chi connectivity index (χ2n) is 4.27. The van der Waals surface area contributed by atoms with Crippen LogP contribution >= 0.6 is 11.8 Å². The zero-order valence-electron chi connectivity index (χ0n) is 10.4. The van der Waals surface area contributed by atoms with Crippen molar-refractivity contribution < 1.29 is 24.6 Å². The summed E-state index contributed by atoms with van der Waals surface area (Å²) in [5.41, 5.74) is 0. The first kappa shape index (κ1) is 15.8. The summed E-state index contributed by atoms with van der Waals surface area (Å²) in [5, 5.41) is 23.0. The van der Waals surface area contributed by atoms with Crippen LogP contribution in [0.4, 0.5) is 0 Å². The van der Waals surface area contributed by atoms with Crippen molar-refractivity contribution in [2.75, 3.05) is 18.1 Å². The molecule has 7 nitrogen and oxygen atoms in total. The van der Waals surface area contributed by atoms with Gasteiger partial charge < -0.3 is 20.8 Å². The van der Waals surface area contributed by atoms with Gasteiger partial charge in [-0.25, -0.2) is 4.79 Å². The van der Waals surface area contributed by atoms with E-state index in [-0.39, 0.29) is 31.2 Å².